The lowest BCUT2D eigenvalue weighted by Crippen LogP contribution is -2.23. The molecule has 2 aromatic carbocycles. The lowest BCUT2D eigenvalue weighted by Gasteiger charge is -2.10. The van der Waals surface area contributed by atoms with Crippen LogP contribution in [0.2, 0.25) is 0 Å². The number of ether oxygens (including phenoxy) is 2. The van der Waals surface area contributed by atoms with Crippen molar-refractivity contribution in [2.45, 2.75) is 20.8 Å². The Balaban J connectivity index is 1.73. The fourth-order valence-corrected chi connectivity index (χ4v) is 3.92. The van der Waals surface area contributed by atoms with Crippen molar-refractivity contribution in [2.24, 2.45) is 0 Å². The van der Waals surface area contributed by atoms with Gasteiger partial charge in [0.2, 0.25) is 4.96 Å². The van der Waals surface area contributed by atoms with E-state index in [0.717, 1.165) is 16.7 Å². The number of fused-ring (bicyclic) bond motifs is 1. The Hall–Kier alpha value is -3.52. The average molecular weight is 421 g/mol. The van der Waals surface area contributed by atoms with Crippen molar-refractivity contribution in [1.29, 1.82) is 0 Å². The van der Waals surface area contributed by atoms with Gasteiger partial charge in [0.15, 0.2) is 17.3 Å². The Morgan fingerprint density at radius 3 is 2.73 bits per heavy atom. The van der Waals surface area contributed by atoms with Gasteiger partial charge in [0, 0.05) is 12.5 Å². The van der Waals surface area contributed by atoms with Crippen molar-refractivity contribution >= 4 is 28.3 Å². The van der Waals surface area contributed by atoms with E-state index < -0.39 is 5.97 Å². The number of thiazole rings is 1. The SMILES string of the molecule is CCOc1cc(/C=c2/sc3nc(-c4cccc(C)c4)nn3c2=O)ccc1OC(C)=O. The molecule has 4 aromatic rings. The number of aryl methyl sites for hydroxylation is 1. The quantitative estimate of drug-likeness (QED) is 0.364. The molecular weight excluding hydrogens is 402 g/mol. The largest absolute Gasteiger partial charge is 0.490 e. The molecule has 0 bridgehead atoms. The van der Waals surface area contributed by atoms with Crippen molar-refractivity contribution in [1.82, 2.24) is 14.6 Å². The third-order valence-electron chi connectivity index (χ3n) is 4.28. The second-order valence-electron chi connectivity index (χ2n) is 6.65. The number of rotatable bonds is 5. The van der Waals surface area contributed by atoms with Gasteiger partial charge in [-0.15, -0.1) is 5.10 Å². The maximum atomic E-state index is 12.8. The Kier molecular flexibility index (Phi) is 5.33. The van der Waals surface area contributed by atoms with E-state index in [4.69, 9.17) is 9.47 Å². The second kappa shape index (κ2) is 8.08. The molecule has 0 radical (unpaired) electrons. The van der Waals surface area contributed by atoms with E-state index in [9.17, 15) is 9.59 Å². The Morgan fingerprint density at radius 2 is 2.03 bits per heavy atom. The molecule has 0 saturated heterocycles. The molecule has 0 spiro atoms. The first-order chi connectivity index (χ1) is 14.4. The molecule has 0 unspecified atom stereocenters. The first-order valence-electron chi connectivity index (χ1n) is 9.38. The van der Waals surface area contributed by atoms with Gasteiger partial charge in [-0.25, -0.2) is 0 Å². The predicted octanol–water partition coefficient (Wildman–Crippen LogP) is 3.00. The normalized spacial score (nSPS) is 11.8. The molecule has 4 rings (SSSR count). The van der Waals surface area contributed by atoms with Gasteiger partial charge < -0.3 is 9.47 Å². The highest BCUT2D eigenvalue weighted by atomic mass is 32.1. The minimum Gasteiger partial charge on any atom is -0.490 e. The zero-order chi connectivity index (χ0) is 21.3. The molecule has 0 aliphatic heterocycles. The third-order valence-corrected chi connectivity index (χ3v) is 5.24. The Bertz CT molecular complexity index is 1360. The molecule has 7 nitrogen and oxygen atoms in total. The van der Waals surface area contributed by atoms with Crippen LogP contribution in [0.1, 0.15) is 25.0 Å². The minimum absolute atomic E-state index is 0.233. The number of esters is 1. The van der Waals surface area contributed by atoms with Crippen molar-refractivity contribution in [3.63, 3.8) is 0 Å². The first kappa shape index (κ1) is 19.8. The number of hydrogen-bond donors (Lipinski definition) is 0. The van der Waals surface area contributed by atoms with E-state index in [1.807, 2.05) is 38.1 Å². The third kappa shape index (κ3) is 3.95. The van der Waals surface area contributed by atoms with Gasteiger partial charge in [-0.2, -0.15) is 9.50 Å². The molecule has 0 aliphatic rings. The Labute approximate surface area is 176 Å². The topological polar surface area (TPSA) is 82.8 Å². The van der Waals surface area contributed by atoms with E-state index in [1.165, 1.54) is 22.8 Å². The van der Waals surface area contributed by atoms with E-state index >= 15 is 0 Å². The number of aromatic nitrogens is 3. The fraction of sp³-hybridized carbons (Fsp3) is 0.182. The summed E-state index contributed by atoms with van der Waals surface area (Å²) in [5, 5.41) is 4.38. The van der Waals surface area contributed by atoms with Crippen LogP contribution in [0.25, 0.3) is 22.4 Å². The van der Waals surface area contributed by atoms with Crippen LogP contribution in [0.15, 0.2) is 47.3 Å². The summed E-state index contributed by atoms with van der Waals surface area (Å²) in [6, 6.07) is 13.0. The number of carbonyl (C=O) groups is 1. The minimum atomic E-state index is -0.426. The maximum Gasteiger partial charge on any atom is 0.308 e. The van der Waals surface area contributed by atoms with Crippen LogP contribution in [-0.4, -0.2) is 27.2 Å². The number of nitrogens with zero attached hydrogens (tertiary/aromatic N) is 3. The van der Waals surface area contributed by atoms with Gasteiger partial charge in [0.25, 0.3) is 5.56 Å². The van der Waals surface area contributed by atoms with Crippen LogP contribution in [0.5, 0.6) is 11.5 Å². The van der Waals surface area contributed by atoms with Gasteiger partial charge in [-0.3, -0.25) is 9.59 Å². The smallest absolute Gasteiger partial charge is 0.308 e. The molecule has 30 heavy (non-hydrogen) atoms. The summed E-state index contributed by atoms with van der Waals surface area (Å²) in [5.41, 5.74) is 2.49. The van der Waals surface area contributed by atoms with E-state index in [-0.39, 0.29) is 5.56 Å². The maximum absolute atomic E-state index is 12.8. The molecule has 152 valence electrons. The van der Waals surface area contributed by atoms with Crippen LogP contribution in [0.4, 0.5) is 0 Å². The van der Waals surface area contributed by atoms with Gasteiger partial charge in [-0.05, 0) is 43.7 Å². The Morgan fingerprint density at radius 1 is 1.20 bits per heavy atom. The van der Waals surface area contributed by atoms with Crippen molar-refractivity contribution in [2.75, 3.05) is 6.61 Å². The lowest BCUT2D eigenvalue weighted by molar-refractivity contribution is -0.132. The summed E-state index contributed by atoms with van der Waals surface area (Å²) in [5.74, 6) is 0.881. The highest BCUT2D eigenvalue weighted by Crippen LogP contribution is 2.29. The molecule has 2 heterocycles. The molecular formula is C22H19N3O4S. The van der Waals surface area contributed by atoms with Gasteiger partial charge in [0.1, 0.15) is 0 Å². The monoisotopic (exact) mass is 421 g/mol. The summed E-state index contributed by atoms with van der Waals surface area (Å²) in [7, 11) is 0. The summed E-state index contributed by atoms with van der Waals surface area (Å²) >= 11 is 1.27. The second-order valence-corrected chi connectivity index (χ2v) is 7.66. The molecule has 0 N–H and O–H groups in total. The highest BCUT2D eigenvalue weighted by Gasteiger charge is 2.13. The van der Waals surface area contributed by atoms with Gasteiger partial charge in [0.05, 0.1) is 11.1 Å². The zero-order valence-electron chi connectivity index (χ0n) is 16.7. The van der Waals surface area contributed by atoms with Gasteiger partial charge in [-0.1, -0.05) is 41.2 Å². The van der Waals surface area contributed by atoms with E-state index in [1.54, 1.807) is 24.3 Å². The van der Waals surface area contributed by atoms with Gasteiger partial charge >= 0.3 is 5.97 Å². The summed E-state index contributed by atoms with van der Waals surface area (Å²) < 4.78 is 12.6. The molecule has 8 heteroatoms. The predicted molar refractivity (Wildman–Crippen MR) is 115 cm³/mol. The summed E-state index contributed by atoms with van der Waals surface area (Å²) in [6.07, 6.45) is 1.75. The molecule has 0 aliphatic carbocycles. The van der Waals surface area contributed by atoms with E-state index in [0.29, 0.717) is 33.4 Å². The average Bonchev–Trinajstić information content (AvgIpc) is 3.24. The lowest BCUT2D eigenvalue weighted by atomic mass is 10.1. The summed E-state index contributed by atoms with van der Waals surface area (Å²) in [6.45, 7) is 5.59. The van der Waals surface area contributed by atoms with Crippen molar-refractivity contribution < 1.29 is 14.3 Å². The fourth-order valence-electron chi connectivity index (χ4n) is 3.01. The van der Waals surface area contributed by atoms with Crippen molar-refractivity contribution in [3.05, 3.63) is 68.5 Å². The zero-order valence-corrected chi connectivity index (χ0v) is 17.5. The highest BCUT2D eigenvalue weighted by molar-refractivity contribution is 7.15. The number of benzene rings is 2. The number of carbonyl (C=O) groups excluding carboxylic acids is 1. The molecule has 2 aromatic heterocycles. The molecule has 0 fully saturated rings. The van der Waals surface area contributed by atoms with E-state index in [2.05, 4.69) is 10.1 Å². The molecule has 0 amide bonds. The molecule has 0 saturated carbocycles. The molecule has 0 atom stereocenters. The van der Waals surface area contributed by atoms with Crippen LogP contribution < -0.4 is 19.6 Å². The van der Waals surface area contributed by atoms with Crippen LogP contribution >= 0.6 is 11.3 Å². The van der Waals surface area contributed by atoms with Crippen molar-refractivity contribution in [3.8, 4) is 22.9 Å². The standard InChI is InChI=1S/C22H19N3O4S/c1-4-28-18-11-15(8-9-17(18)29-14(3)26)12-19-21(27)25-22(30-19)23-20(24-25)16-7-5-6-13(2)10-16/h5-12H,4H2,1-3H3/b19-12+. The summed E-state index contributed by atoms with van der Waals surface area (Å²) in [4.78, 5) is 29.1. The number of hydrogen-bond acceptors (Lipinski definition) is 7. The van der Waals surface area contributed by atoms with Crippen LogP contribution in [0, 0.1) is 6.92 Å². The van der Waals surface area contributed by atoms with Crippen LogP contribution in [0.3, 0.4) is 0 Å². The van der Waals surface area contributed by atoms with Crippen LogP contribution in [-0.2, 0) is 4.79 Å². The first-order valence-corrected chi connectivity index (χ1v) is 10.2.